The Kier molecular flexibility index (Phi) is 8.09. The lowest BCUT2D eigenvalue weighted by Gasteiger charge is -2.36. The number of alkyl halides is 3. The van der Waals surface area contributed by atoms with Gasteiger partial charge in [0.2, 0.25) is 10.0 Å². The average Bonchev–Trinajstić information content (AvgIpc) is 2.82. The Morgan fingerprint density at radius 1 is 1.09 bits per heavy atom. The molecule has 186 valence electrons. The van der Waals surface area contributed by atoms with E-state index in [1.54, 1.807) is 17.9 Å². The van der Waals surface area contributed by atoms with Gasteiger partial charge in [0.05, 0.1) is 10.5 Å². The van der Waals surface area contributed by atoms with Crippen LogP contribution in [0.1, 0.15) is 25.8 Å². The Labute approximate surface area is 197 Å². The van der Waals surface area contributed by atoms with Gasteiger partial charge in [-0.1, -0.05) is 13.0 Å². The van der Waals surface area contributed by atoms with Gasteiger partial charge in [-0.2, -0.15) is 13.2 Å². The first-order chi connectivity index (χ1) is 16.0. The van der Waals surface area contributed by atoms with Crippen molar-refractivity contribution in [1.29, 1.82) is 0 Å². The van der Waals surface area contributed by atoms with Gasteiger partial charge in [0.15, 0.2) is 6.61 Å². The highest BCUT2D eigenvalue weighted by molar-refractivity contribution is 7.89. The number of nitrogens with zero attached hydrogens (tertiary/aromatic N) is 2. The molecule has 0 saturated carbocycles. The summed E-state index contributed by atoms with van der Waals surface area (Å²) in [6.07, 6.45) is -3.74. The molecule has 1 heterocycles. The van der Waals surface area contributed by atoms with E-state index in [0.717, 1.165) is 12.1 Å². The molecule has 1 aliphatic rings. The van der Waals surface area contributed by atoms with Crippen molar-refractivity contribution < 1.29 is 31.1 Å². The fourth-order valence-electron chi connectivity index (χ4n) is 3.46. The number of rotatable bonds is 8. The topological polar surface area (TPSA) is 78.9 Å². The molecule has 2 aromatic carbocycles. The molecule has 0 spiro atoms. The van der Waals surface area contributed by atoms with Gasteiger partial charge in [0, 0.05) is 37.9 Å². The Morgan fingerprint density at radius 3 is 2.32 bits per heavy atom. The predicted octanol–water partition coefficient (Wildman–Crippen LogP) is 3.51. The zero-order valence-electron chi connectivity index (χ0n) is 19.0. The van der Waals surface area contributed by atoms with Crippen molar-refractivity contribution in [2.24, 2.45) is 0 Å². The molecule has 3 rings (SSSR count). The van der Waals surface area contributed by atoms with Crippen LogP contribution in [0, 0.1) is 0 Å². The van der Waals surface area contributed by atoms with Crippen LogP contribution in [0.25, 0.3) is 0 Å². The van der Waals surface area contributed by atoms with Crippen LogP contribution in [0.3, 0.4) is 0 Å². The molecule has 1 amide bonds. The van der Waals surface area contributed by atoms with Crippen LogP contribution in [-0.2, 0) is 21.0 Å². The fraction of sp³-hybridized carbons (Fsp3) is 0.435. The molecule has 34 heavy (non-hydrogen) atoms. The van der Waals surface area contributed by atoms with Crippen LogP contribution in [-0.4, -0.2) is 58.1 Å². The largest absolute Gasteiger partial charge is 0.484 e. The Hall–Kier alpha value is -2.79. The maximum absolute atomic E-state index is 13.0. The predicted molar refractivity (Wildman–Crippen MR) is 122 cm³/mol. The van der Waals surface area contributed by atoms with Crippen molar-refractivity contribution in [2.45, 2.75) is 37.4 Å². The van der Waals surface area contributed by atoms with Crippen molar-refractivity contribution in [3.8, 4) is 5.75 Å². The smallest absolute Gasteiger partial charge is 0.416 e. The molecule has 1 fully saturated rings. The molecule has 11 heteroatoms. The molecular weight excluding hydrogens is 471 g/mol. The van der Waals surface area contributed by atoms with E-state index in [1.165, 1.54) is 30.3 Å². The standard InChI is InChI=1S/C23H28F3N3O4S/c1-3-17(2)27-34(31,32)21-9-7-20(8-10-21)33-16-22(30)29-13-11-28(12-14-29)19-6-4-5-18(15-19)23(24,25)26/h4-10,15,17,27H,3,11-14,16H2,1-2H3/t17-/m1/s1. The maximum Gasteiger partial charge on any atom is 0.416 e. The third-order valence-corrected chi connectivity index (χ3v) is 7.24. The third kappa shape index (κ3) is 6.63. The van der Waals surface area contributed by atoms with Crippen LogP contribution in [0.15, 0.2) is 53.4 Å². The SMILES string of the molecule is CC[C@@H](C)NS(=O)(=O)c1ccc(OCC(=O)N2CCN(c3cccc(C(F)(F)F)c3)CC2)cc1. The van der Waals surface area contributed by atoms with E-state index in [0.29, 0.717) is 44.0 Å². The van der Waals surface area contributed by atoms with E-state index in [4.69, 9.17) is 4.74 Å². The molecule has 0 bridgehead atoms. The summed E-state index contributed by atoms with van der Waals surface area (Å²) in [4.78, 5) is 16.0. The van der Waals surface area contributed by atoms with Gasteiger partial charge in [0.25, 0.3) is 5.91 Å². The lowest BCUT2D eigenvalue weighted by molar-refractivity contribution is -0.137. The second-order valence-corrected chi connectivity index (χ2v) is 9.82. The van der Waals surface area contributed by atoms with E-state index in [-0.39, 0.29) is 23.5 Å². The van der Waals surface area contributed by atoms with Gasteiger partial charge in [0.1, 0.15) is 5.75 Å². The molecule has 0 unspecified atom stereocenters. The van der Waals surface area contributed by atoms with Crippen LogP contribution in [0.4, 0.5) is 18.9 Å². The highest BCUT2D eigenvalue weighted by Crippen LogP contribution is 2.31. The first-order valence-electron chi connectivity index (χ1n) is 10.9. The number of sulfonamides is 1. The number of amides is 1. The van der Waals surface area contributed by atoms with Crippen molar-refractivity contribution >= 4 is 21.6 Å². The lowest BCUT2D eigenvalue weighted by atomic mass is 10.1. The molecule has 1 atom stereocenters. The number of piperazine rings is 1. The minimum Gasteiger partial charge on any atom is -0.484 e. The highest BCUT2D eigenvalue weighted by atomic mass is 32.2. The Bertz CT molecular complexity index is 1080. The van der Waals surface area contributed by atoms with Gasteiger partial charge in [-0.15, -0.1) is 0 Å². The normalized spacial score (nSPS) is 15.8. The van der Waals surface area contributed by atoms with Crippen molar-refractivity contribution in [3.63, 3.8) is 0 Å². The molecule has 1 aliphatic heterocycles. The fourth-order valence-corrected chi connectivity index (χ4v) is 4.79. The van der Waals surface area contributed by atoms with Crippen molar-refractivity contribution in [1.82, 2.24) is 9.62 Å². The van der Waals surface area contributed by atoms with Gasteiger partial charge in [-0.25, -0.2) is 13.1 Å². The molecule has 2 aromatic rings. The molecule has 1 saturated heterocycles. The summed E-state index contributed by atoms with van der Waals surface area (Å²) >= 11 is 0. The van der Waals surface area contributed by atoms with Gasteiger partial charge in [-0.3, -0.25) is 4.79 Å². The monoisotopic (exact) mass is 499 g/mol. The Morgan fingerprint density at radius 2 is 1.74 bits per heavy atom. The number of nitrogens with one attached hydrogen (secondary N) is 1. The zero-order chi connectivity index (χ0) is 24.9. The van der Waals surface area contributed by atoms with Crippen molar-refractivity contribution in [2.75, 3.05) is 37.7 Å². The Balaban J connectivity index is 1.50. The second-order valence-electron chi connectivity index (χ2n) is 8.11. The summed E-state index contributed by atoms with van der Waals surface area (Å²) in [6, 6.07) is 10.8. The van der Waals surface area contributed by atoms with Gasteiger partial charge in [-0.05, 0) is 55.8 Å². The number of anilines is 1. The number of hydrogen-bond donors (Lipinski definition) is 1. The summed E-state index contributed by atoms with van der Waals surface area (Å²) < 4.78 is 71.6. The number of benzene rings is 2. The number of ether oxygens (including phenoxy) is 1. The summed E-state index contributed by atoms with van der Waals surface area (Å²) in [5.74, 6) is 0.109. The molecule has 0 aliphatic carbocycles. The number of carbonyl (C=O) groups is 1. The summed E-state index contributed by atoms with van der Waals surface area (Å²) in [7, 11) is -3.62. The summed E-state index contributed by atoms with van der Waals surface area (Å²) in [6.45, 7) is 4.96. The third-order valence-electron chi connectivity index (χ3n) is 5.64. The number of halogens is 3. The van der Waals surface area contributed by atoms with Gasteiger partial charge < -0.3 is 14.5 Å². The second kappa shape index (κ2) is 10.6. The first-order valence-corrected chi connectivity index (χ1v) is 12.4. The summed E-state index contributed by atoms with van der Waals surface area (Å²) in [5, 5.41) is 0. The van der Waals surface area contributed by atoms with Gasteiger partial charge >= 0.3 is 6.18 Å². The minimum absolute atomic E-state index is 0.109. The van der Waals surface area contributed by atoms with Crippen LogP contribution >= 0.6 is 0 Å². The average molecular weight is 500 g/mol. The van der Waals surface area contributed by atoms with E-state index in [9.17, 15) is 26.4 Å². The van der Waals surface area contributed by atoms with Crippen LogP contribution in [0.2, 0.25) is 0 Å². The minimum atomic E-state index is -4.40. The van der Waals surface area contributed by atoms with E-state index < -0.39 is 21.8 Å². The number of hydrogen-bond acceptors (Lipinski definition) is 5. The van der Waals surface area contributed by atoms with E-state index >= 15 is 0 Å². The summed E-state index contributed by atoms with van der Waals surface area (Å²) in [5.41, 5.74) is -0.234. The molecular formula is C23H28F3N3O4S. The highest BCUT2D eigenvalue weighted by Gasteiger charge is 2.31. The molecule has 0 aromatic heterocycles. The molecule has 7 nitrogen and oxygen atoms in total. The zero-order valence-corrected chi connectivity index (χ0v) is 19.8. The first kappa shape index (κ1) is 25.8. The van der Waals surface area contributed by atoms with E-state index in [1.807, 2.05) is 11.8 Å². The van der Waals surface area contributed by atoms with Crippen molar-refractivity contribution in [3.05, 3.63) is 54.1 Å². The quantitative estimate of drug-likeness (QED) is 0.602. The number of carbonyl (C=O) groups excluding carboxylic acids is 1. The lowest BCUT2D eigenvalue weighted by Crippen LogP contribution is -2.50. The molecule has 1 N–H and O–H groups in total. The van der Waals surface area contributed by atoms with Crippen LogP contribution < -0.4 is 14.4 Å². The maximum atomic E-state index is 13.0. The van der Waals surface area contributed by atoms with Crippen LogP contribution in [0.5, 0.6) is 5.75 Å². The molecule has 0 radical (unpaired) electrons. The van der Waals surface area contributed by atoms with E-state index in [2.05, 4.69) is 4.72 Å².